The van der Waals surface area contributed by atoms with Crippen molar-refractivity contribution < 1.29 is 5.11 Å². The van der Waals surface area contributed by atoms with E-state index in [4.69, 9.17) is 11.6 Å². The zero-order chi connectivity index (χ0) is 13.0. The molecular weight excluding hydrogens is 302 g/mol. The number of rotatable bonds is 5. The Labute approximate surface area is 117 Å². The molecule has 1 atom stereocenters. The average Bonchev–Trinajstić information content (AvgIpc) is 2.25. The van der Waals surface area contributed by atoms with Gasteiger partial charge in [0.05, 0.1) is 6.10 Å². The number of benzene rings is 1. The Bertz CT molecular complexity index is 370. The molecule has 0 heterocycles. The Morgan fingerprint density at radius 2 is 2.06 bits per heavy atom. The normalized spacial score (nSPS) is 13.4. The molecule has 0 saturated carbocycles. The second-order valence-corrected chi connectivity index (χ2v) is 5.87. The molecule has 0 amide bonds. The largest absolute Gasteiger partial charge is 0.388 e. The number of nitrogens with zero attached hydrogens (tertiary/aromatic N) is 1. The van der Waals surface area contributed by atoms with Gasteiger partial charge in [-0.1, -0.05) is 33.6 Å². The van der Waals surface area contributed by atoms with Crippen molar-refractivity contribution in [3.05, 3.63) is 33.3 Å². The first-order chi connectivity index (χ1) is 7.91. The van der Waals surface area contributed by atoms with Crippen molar-refractivity contribution >= 4 is 27.5 Å². The van der Waals surface area contributed by atoms with Gasteiger partial charge in [0.2, 0.25) is 0 Å². The van der Waals surface area contributed by atoms with E-state index in [1.165, 1.54) is 0 Å². The van der Waals surface area contributed by atoms with E-state index in [0.29, 0.717) is 17.5 Å². The molecular formula is C13H19BrClNO. The minimum atomic E-state index is -0.503. The van der Waals surface area contributed by atoms with Gasteiger partial charge in [0.1, 0.15) is 0 Å². The quantitative estimate of drug-likeness (QED) is 0.890. The summed E-state index contributed by atoms with van der Waals surface area (Å²) in [5.74, 6) is 0. The molecule has 0 aromatic heterocycles. The van der Waals surface area contributed by atoms with Gasteiger partial charge in [0.15, 0.2) is 0 Å². The highest BCUT2D eigenvalue weighted by Gasteiger charge is 2.13. The molecule has 96 valence electrons. The highest BCUT2D eigenvalue weighted by molar-refractivity contribution is 9.10. The Balaban J connectivity index is 2.61. The van der Waals surface area contributed by atoms with Crippen LogP contribution in [0.2, 0.25) is 5.02 Å². The zero-order valence-corrected chi connectivity index (χ0v) is 12.8. The molecule has 1 unspecified atom stereocenters. The molecule has 0 radical (unpaired) electrons. The van der Waals surface area contributed by atoms with Gasteiger partial charge in [-0.25, -0.2) is 0 Å². The van der Waals surface area contributed by atoms with Crippen LogP contribution < -0.4 is 0 Å². The minimum absolute atomic E-state index is 0.489. The Morgan fingerprint density at radius 3 is 2.59 bits per heavy atom. The van der Waals surface area contributed by atoms with Gasteiger partial charge in [-0.05, 0) is 45.0 Å². The summed E-state index contributed by atoms with van der Waals surface area (Å²) in [5, 5.41) is 10.7. The maximum atomic E-state index is 10.1. The summed E-state index contributed by atoms with van der Waals surface area (Å²) >= 11 is 9.45. The number of hydrogen-bond acceptors (Lipinski definition) is 2. The monoisotopic (exact) mass is 319 g/mol. The number of aliphatic hydroxyl groups excluding tert-OH is 1. The second-order valence-electron chi connectivity index (χ2n) is 4.54. The van der Waals surface area contributed by atoms with Crippen molar-refractivity contribution in [3.63, 3.8) is 0 Å². The lowest BCUT2D eigenvalue weighted by molar-refractivity contribution is 0.141. The van der Waals surface area contributed by atoms with Gasteiger partial charge in [-0.2, -0.15) is 0 Å². The van der Waals surface area contributed by atoms with Gasteiger partial charge < -0.3 is 10.0 Å². The first-order valence-corrected chi connectivity index (χ1v) is 6.92. The summed E-state index contributed by atoms with van der Waals surface area (Å²) in [5.41, 5.74) is 0.798. The third-order valence-corrected chi connectivity index (χ3v) is 3.78. The fourth-order valence-corrected chi connectivity index (χ4v) is 2.31. The molecule has 1 rings (SSSR count). The van der Waals surface area contributed by atoms with Gasteiger partial charge in [0.25, 0.3) is 0 Å². The summed E-state index contributed by atoms with van der Waals surface area (Å²) in [6.45, 7) is 5.13. The zero-order valence-electron chi connectivity index (χ0n) is 10.5. The van der Waals surface area contributed by atoms with Crippen molar-refractivity contribution in [2.75, 3.05) is 13.6 Å². The van der Waals surface area contributed by atoms with Gasteiger partial charge in [0, 0.05) is 22.1 Å². The van der Waals surface area contributed by atoms with Crippen LogP contribution in [0.5, 0.6) is 0 Å². The van der Waals surface area contributed by atoms with E-state index >= 15 is 0 Å². The lowest BCUT2D eigenvalue weighted by Crippen LogP contribution is -2.28. The van der Waals surface area contributed by atoms with E-state index in [2.05, 4.69) is 41.7 Å². The highest BCUT2D eigenvalue weighted by Crippen LogP contribution is 2.28. The van der Waals surface area contributed by atoms with Crippen molar-refractivity contribution in [1.29, 1.82) is 0 Å². The van der Waals surface area contributed by atoms with Crippen LogP contribution in [0.3, 0.4) is 0 Å². The molecule has 0 bridgehead atoms. The van der Waals surface area contributed by atoms with Crippen LogP contribution in [0, 0.1) is 0 Å². The molecule has 1 N–H and O–H groups in total. The molecule has 0 saturated heterocycles. The van der Waals surface area contributed by atoms with Crippen LogP contribution in [0.25, 0.3) is 0 Å². The number of halogens is 2. The number of aliphatic hydroxyl groups is 1. The van der Waals surface area contributed by atoms with Crippen LogP contribution >= 0.6 is 27.5 Å². The first kappa shape index (κ1) is 15.0. The summed E-state index contributed by atoms with van der Waals surface area (Å²) in [4.78, 5) is 2.20. The molecule has 0 spiro atoms. The molecule has 1 aromatic carbocycles. The predicted molar refractivity (Wildman–Crippen MR) is 76.5 cm³/mol. The van der Waals surface area contributed by atoms with E-state index in [0.717, 1.165) is 16.6 Å². The third-order valence-electron chi connectivity index (χ3n) is 2.96. The van der Waals surface area contributed by atoms with Crippen molar-refractivity contribution in [1.82, 2.24) is 4.90 Å². The minimum Gasteiger partial charge on any atom is -0.388 e. The van der Waals surface area contributed by atoms with Crippen LogP contribution in [0.15, 0.2) is 22.7 Å². The topological polar surface area (TPSA) is 23.5 Å². The van der Waals surface area contributed by atoms with Crippen LogP contribution in [-0.2, 0) is 0 Å². The lowest BCUT2D eigenvalue weighted by atomic mass is 10.1. The summed E-state index contributed by atoms with van der Waals surface area (Å²) in [7, 11) is 2.06. The molecule has 1 aromatic rings. The Kier molecular flexibility index (Phi) is 5.93. The van der Waals surface area contributed by atoms with E-state index in [1.54, 1.807) is 0 Å². The van der Waals surface area contributed by atoms with Gasteiger partial charge in [-0.15, -0.1) is 0 Å². The van der Waals surface area contributed by atoms with Crippen LogP contribution in [-0.4, -0.2) is 29.6 Å². The fourth-order valence-electron chi connectivity index (χ4n) is 1.51. The van der Waals surface area contributed by atoms with E-state index < -0.39 is 6.10 Å². The SMILES string of the molecule is CC(C)N(C)CCC(O)c1ccc(Br)cc1Cl. The van der Waals surface area contributed by atoms with Crippen molar-refractivity contribution in [3.8, 4) is 0 Å². The van der Waals surface area contributed by atoms with Crippen molar-refractivity contribution in [2.24, 2.45) is 0 Å². The fraction of sp³-hybridized carbons (Fsp3) is 0.538. The Hall–Kier alpha value is -0.0900. The van der Waals surface area contributed by atoms with E-state index in [-0.39, 0.29) is 0 Å². The highest BCUT2D eigenvalue weighted by atomic mass is 79.9. The molecule has 0 aliphatic heterocycles. The summed E-state index contributed by atoms with van der Waals surface area (Å²) in [6.07, 6.45) is 0.188. The molecule has 0 fully saturated rings. The average molecular weight is 321 g/mol. The number of hydrogen-bond donors (Lipinski definition) is 1. The maximum absolute atomic E-state index is 10.1. The molecule has 17 heavy (non-hydrogen) atoms. The summed E-state index contributed by atoms with van der Waals surface area (Å²) in [6, 6.07) is 6.07. The van der Waals surface area contributed by atoms with Gasteiger partial charge >= 0.3 is 0 Å². The summed E-state index contributed by atoms with van der Waals surface area (Å²) < 4.78 is 0.928. The van der Waals surface area contributed by atoms with Crippen LogP contribution in [0.4, 0.5) is 0 Å². The maximum Gasteiger partial charge on any atom is 0.0816 e. The smallest absolute Gasteiger partial charge is 0.0816 e. The molecule has 4 heteroatoms. The van der Waals surface area contributed by atoms with E-state index in [9.17, 15) is 5.11 Å². The standard InChI is InChI=1S/C13H19BrClNO/c1-9(2)16(3)7-6-13(17)11-5-4-10(14)8-12(11)15/h4-5,8-9,13,17H,6-7H2,1-3H3. The second kappa shape index (κ2) is 6.74. The molecule has 2 nitrogen and oxygen atoms in total. The van der Waals surface area contributed by atoms with Crippen molar-refractivity contribution in [2.45, 2.75) is 32.4 Å². The lowest BCUT2D eigenvalue weighted by Gasteiger charge is -2.22. The Morgan fingerprint density at radius 1 is 1.41 bits per heavy atom. The first-order valence-electron chi connectivity index (χ1n) is 5.75. The van der Waals surface area contributed by atoms with Gasteiger partial charge in [-0.3, -0.25) is 0 Å². The molecule has 0 aliphatic rings. The molecule has 0 aliphatic carbocycles. The third kappa shape index (κ3) is 4.59. The predicted octanol–water partition coefficient (Wildman–Crippen LogP) is 3.87. The van der Waals surface area contributed by atoms with Crippen LogP contribution in [0.1, 0.15) is 31.9 Å². The van der Waals surface area contributed by atoms with E-state index in [1.807, 2.05) is 18.2 Å².